The molecule has 0 bridgehead atoms. The Morgan fingerprint density at radius 2 is 2.35 bits per heavy atom. The van der Waals surface area contributed by atoms with E-state index in [1.54, 1.807) is 18.3 Å². The summed E-state index contributed by atoms with van der Waals surface area (Å²) in [7, 11) is 0. The summed E-state index contributed by atoms with van der Waals surface area (Å²) in [5, 5.41) is 11.8. The standard InChI is InChI=1S/C14H13BrN2O2S/c1-9(18)12-3-2-10(15)6-13(12)19-8-11-7-17-4-5-20-14(17)16-11/h2-7,9,18H,8H2,1H3. The van der Waals surface area contributed by atoms with Gasteiger partial charge >= 0.3 is 0 Å². The van der Waals surface area contributed by atoms with Gasteiger partial charge < -0.3 is 9.84 Å². The molecule has 2 aromatic heterocycles. The van der Waals surface area contributed by atoms with E-state index >= 15 is 0 Å². The van der Waals surface area contributed by atoms with Crippen molar-refractivity contribution in [2.24, 2.45) is 0 Å². The third kappa shape index (κ3) is 2.72. The second kappa shape index (κ2) is 5.55. The number of thiazole rings is 1. The lowest BCUT2D eigenvalue weighted by molar-refractivity contribution is 0.190. The maximum atomic E-state index is 9.76. The molecule has 0 fully saturated rings. The molecule has 4 nitrogen and oxygen atoms in total. The van der Waals surface area contributed by atoms with Gasteiger partial charge in [-0.05, 0) is 19.1 Å². The molecule has 3 rings (SSSR count). The van der Waals surface area contributed by atoms with Crippen LogP contribution >= 0.6 is 27.3 Å². The molecular formula is C14H13BrN2O2S. The third-order valence-corrected chi connectivity index (χ3v) is 4.21. The van der Waals surface area contributed by atoms with Crippen molar-refractivity contribution in [3.63, 3.8) is 0 Å². The first-order valence-electron chi connectivity index (χ1n) is 6.15. The van der Waals surface area contributed by atoms with E-state index in [-0.39, 0.29) is 0 Å². The molecule has 0 saturated heterocycles. The van der Waals surface area contributed by atoms with Gasteiger partial charge in [-0.2, -0.15) is 0 Å². The topological polar surface area (TPSA) is 46.8 Å². The summed E-state index contributed by atoms with van der Waals surface area (Å²) in [4.78, 5) is 5.42. The minimum absolute atomic E-state index is 0.380. The Kier molecular flexibility index (Phi) is 3.78. The highest BCUT2D eigenvalue weighted by Gasteiger charge is 2.11. The van der Waals surface area contributed by atoms with Crippen molar-refractivity contribution in [1.82, 2.24) is 9.38 Å². The second-order valence-electron chi connectivity index (χ2n) is 4.47. The van der Waals surface area contributed by atoms with Gasteiger partial charge in [0, 0.05) is 27.8 Å². The molecule has 1 N–H and O–H groups in total. The predicted molar refractivity (Wildman–Crippen MR) is 82.2 cm³/mol. The fourth-order valence-corrected chi connectivity index (χ4v) is 3.03. The van der Waals surface area contributed by atoms with Crippen molar-refractivity contribution in [2.75, 3.05) is 0 Å². The number of hydrogen-bond donors (Lipinski definition) is 1. The van der Waals surface area contributed by atoms with E-state index in [1.807, 2.05) is 40.4 Å². The van der Waals surface area contributed by atoms with E-state index in [2.05, 4.69) is 20.9 Å². The van der Waals surface area contributed by atoms with E-state index in [0.29, 0.717) is 12.4 Å². The van der Waals surface area contributed by atoms with Crippen LogP contribution in [0.1, 0.15) is 24.3 Å². The van der Waals surface area contributed by atoms with E-state index in [9.17, 15) is 5.11 Å². The highest BCUT2D eigenvalue weighted by Crippen LogP contribution is 2.29. The molecule has 2 heterocycles. The van der Waals surface area contributed by atoms with Crippen LogP contribution in [-0.2, 0) is 6.61 Å². The fraction of sp³-hybridized carbons (Fsp3) is 0.214. The maximum Gasteiger partial charge on any atom is 0.193 e. The lowest BCUT2D eigenvalue weighted by Gasteiger charge is -2.13. The molecule has 0 aliphatic heterocycles. The molecule has 0 aliphatic carbocycles. The summed E-state index contributed by atoms with van der Waals surface area (Å²) in [5.74, 6) is 0.672. The Bertz CT molecular complexity index is 707. The van der Waals surface area contributed by atoms with Gasteiger partial charge in [0.25, 0.3) is 0 Å². The summed E-state index contributed by atoms with van der Waals surface area (Å²) >= 11 is 5.00. The van der Waals surface area contributed by atoms with Gasteiger partial charge in [-0.25, -0.2) is 4.98 Å². The number of benzene rings is 1. The van der Waals surface area contributed by atoms with Gasteiger partial charge in [0.2, 0.25) is 0 Å². The van der Waals surface area contributed by atoms with Crippen LogP contribution in [0.15, 0.2) is 40.4 Å². The lowest BCUT2D eigenvalue weighted by Crippen LogP contribution is -2.01. The number of ether oxygens (including phenoxy) is 1. The first-order valence-corrected chi connectivity index (χ1v) is 7.82. The Labute approximate surface area is 128 Å². The molecule has 0 aliphatic rings. The van der Waals surface area contributed by atoms with Crippen molar-refractivity contribution >= 4 is 32.2 Å². The van der Waals surface area contributed by atoms with E-state index in [4.69, 9.17) is 4.74 Å². The zero-order valence-electron chi connectivity index (χ0n) is 10.8. The van der Waals surface area contributed by atoms with Crippen LogP contribution in [0.3, 0.4) is 0 Å². The van der Waals surface area contributed by atoms with Crippen LogP contribution in [0.4, 0.5) is 0 Å². The van der Waals surface area contributed by atoms with E-state index in [0.717, 1.165) is 20.7 Å². The number of aromatic nitrogens is 2. The maximum absolute atomic E-state index is 9.76. The third-order valence-electron chi connectivity index (χ3n) is 2.94. The molecule has 1 atom stereocenters. The summed E-state index contributed by atoms with van der Waals surface area (Å²) in [6, 6.07) is 5.61. The molecule has 0 saturated carbocycles. The van der Waals surface area contributed by atoms with Crippen LogP contribution in [0.25, 0.3) is 4.96 Å². The first kappa shape index (κ1) is 13.6. The van der Waals surface area contributed by atoms with Crippen molar-refractivity contribution in [3.8, 4) is 5.75 Å². The molecule has 0 spiro atoms. The highest BCUT2D eigenvalue weighted by molar-refractivity contribution is 9.10. The Morgan fingerprint density at radius 1 is 1.50 bits per heavy atom. The van der Waals surface area contributed by atoms with Crippen LogP contribution < -0.4 is 4.74 Å². The van der Waals surface area contributed by atoms with Crippen molar-refractivity contribution in [3.05, 3.63) is 51.7 Å². The molecule has 6 heteroatoms. The fourth-order valence-electron chi connectivity index (χ4n) is 1.98. The Balaban J connectivity index is 1.80. The minimum Gasteiger partial charge on any atom is -0.487 e. The second-order valence-corrected chi connectivity index (χ2v) is 6.26. The highest BCUT2D eigenvalue weighted by atomic mass is 79.9. The quantitative estimate of drug-likeness (QED) is 0.776. The molecule has 1 aromatic carbocycles. The Hall–Kier alpha value is -1.37. The van der Waals surface area contributed by atoms with Gasteiger partial charge in [-0.15, -0.1) is 11.3 Å². The number of hydrogen-bond acceptors (Lipinski definition) is 4. The SMILES string of the molecule is CC(O)c1ccc(Br)cc1OCc1cn2ccsc2n1. The molecule has 0 radical (unpaired) electrons. The average Bonchev–Trinajstić information content (AvgIpc) is 2.96. The first-order chi connectivity index (χ1) is 9.63. The number of halogens is 1. The number of rotatable bonds is 4. The predicted octanol–water partition coefficient (Wildman–Crippen LogP) is 3.79. The van der Waals surface area contributed by atoms with Gasteiger partial charge in [-0.3, -0.25) is 4.40 Å². The van der Waals surface area contributed by atoms with Gasteiger partial charge in [0.15, 0.2) is 4.96 Å². The molecular weight excluding hydrogens is 340 g/mol. The average molecular weight is 353 g/mol. The monoisotopic (exact) mass is 352 g/mol. The normalized spacial score (nSPS) is 12.8. The summed E-state index contributed by atoms with van der Waals surface area (Å²) in [5.41, 5.74) is 1.64. The molecule has 0 amide bonds. The van der Waals surface area contributed by atoms with Crippen molar-refractivity contribution in [1.29, 1.82) is 0 Å². The van der Waals surface area contributed by atoms with Crippen LogP contribution in [0, 0.1) is 0 Å². The van der Waals surface area contributed by atoms with Crippen molar-refractivity contribution in [2.45, 2.75) is 19.6 Å². The summed E-state index contributed by atoms with van der Waals surface area (Å²) in [6.45, 7) is 2.10. The van der Waals surface area contributed by atoms with Gasteiger partial charge in [-0.1, -0.05) is 22.0 Å². The van der Waals surface area contributed by atoms with Gasteiger partial charge in [0.05, 0.1) is 11.8 Å². The molecule has 20 heavy (non-hydrogen) atoms. The zero-order chi connectivity index (χ0) is 14.1. The number of nitrogens with zero attached hydrogens (tertiary/aromatic N) is 2. The number of aliphatic hydroxyl groups is 1. The van der Waals surface area contributed by atoms with Crippen LogP contribution in [0.2, 0.25) is 0 Å². The minimum atomic E-state index is -0.566. The molecule has 1 unspecified atom stereocenters. The smallest absolute Gasteiger partial charge is 0.193 e. The van der Waals surface area contributed by atoms with Crippen LogP contribution in [0.5, 0.6) is 5.75 Å². The summed E-state index contributed by atoms with van der Waals surface area (Å²) in [6.07, 6.45) is 3.35. The van der Waals surface area contributed by atoms with Gasteiger partial charge in [0.1, 0.15) is 12.4 Å². The summed E-state index contributed by atoms with van der Waals surface area (Å²) < 4.78 is 8.69. The van der Waals surface area contributed by atoms with E-state index < -0.39 is 6.10 Å². The molecule has 104 valence electrons. The lowest BCUT2D eigenvalue weighted by atomic mass is 10.1. The zero-order valence-corrected chi connectivity index (χ0v) is 13.2. The number of fused-ring (bicyclic) bond motifs is 1. The Morgan fingerprint density at radius 3 is 3.10 bits per heavy atom. The molecule has 3 aromatic rings. The van der Waals surface area contributed by atoms with E-state index in [1.165, 1.54) is 0 Å². The largest absolute Gasteiger partial charge is 0.487 e. The van der Waals surface area contributed by atoms with Crippen molar-refractivity contribution < 1.29 is 9.84 Å². The number of imidazole rings is 1. The van der Waals surface area contributed by atoms with Crippen LogP contribution in [-0.4, -0.2) is 14.5 Å². The number of aliphatic hydroxyl groups excluding tert-OH is 1.